The van der Waals surface area contributed by atoms with Crippen molar-refractivity contribution in [3.05, 3.63) is 24.0 Å². The van der Waals surface area contributed by atoms with E-state index >= 15 is 0 Å². The molecule has 2 atom stereocenters. The molecule has 106 valence electrons. The number of hydrogen-bond acceptors (Lipinski definition) is 3. The average molecular weight is 264 g/mol. The van der Waals surface area contributed by atoms with E-state index < -0.39 is 0 Å². The van der Waals surface area contributed by atoms with E-state index in [9.17, 15) is 4.79 Å². The molecule has 0 saturated heterocycles. The van der Waals surface area contributed by atoms with Gasteiger partial charge in [-0.2, -0.15) is 0 Å². The lowest BCUT2D eigenvalue weighted by Gasteiger charge is -2.39. The number of allylic oxidation sites excluding steroid dienone is 1. The molecule has 1 rings (SSSR count). The van der Waals surface area contributed by atoms with E-state index in [2.05, 4.69) is 36.1 Å². The molecule has 0 fully saturated rings. The van der Waals surface area contributed by atoms with Gasteiger partial charge in [-0.05, 0) is 24.5 Å². The lowest BCUT2D eigenvalue weighted by Crippen LogP contribution is -2.53. The van der Waals surface area contributed by atoms with E-state index in [1.54, 1.807) is 19.0 Å². The number of nitrogens with one attached hydrogen (secondary N) is 2. The number of hydrogen-bond donors (Lipinski definition) is 2. The molecule has 2 unspecified atom stereocenters. The van der Waals surface area contributed by atoms with Gasteiger partial charge in [-0.25, -0.2) is 4.79 Å². The zero-order valence-electron chi connectivity index (χ0n) is 12.4. The molecule has 1 aliphatic rings. The number of rotatable bonds is 4. The highest BCUT2D eigenvalue weighted by Crippen LogP contribution is 2.26. The third-order valence-corrected chi connectivity index (χ3v) is 3.36. The number of dihydropyridines is 1. The number of urea groups is 1. The van der Waals surface area contributed by atoms with Crippen molar-refractivity contribution in [3.8, 4) is 0 Å². The molecule has 2 N–H and O–H groups in total. The number of carbonyl (C=O) groups is 1. The lowest BCUT2D eigenvalue weighted by molar-refractivity contribution is 0.185. The fourth-order valence-electron chi connectivity index (χ4n) is 2.26. The highest BCUT2D eigenvalue weighted by atomic mass is 16.2. The fourth-order valence-corrected chi connectivity index (χ4v) is 2.26. The zero-order valence-corrected chi connectivity index (χ0v) is 12.4. The fraction of sp³-hybridized carbons (Fsp3) is 0.571. The van der Waals surface area contributed by atoms with E-state index in [0.29, 0.717) is 11.7 Å². The smallest absolute Gasteiger partial charge is 0.323 e. The van der Waals surface area contributed by atoms with Crippen LogP contribution in [0.15, 0.2) is 29.0 Å². The van der Waals surface area contributed by atoms with Crippen molar-refractivity contribution in [2.75, 3.05) is 14.1 Å². The molecule has 1 aliphatic heterocycles. The first-order valence-corrected chi connectivity index (χ1v) is 6.51. The summed E-state index contributed by atoms with van der Waals surface area (Å²) in [5, 5.41) is 5.61. The van der Waals surface area contributed by atoms with E-state index in [0.717, 1.165) is 5.57 Å². The van der Waals surface area contributed by atoms with Crippen LogP contribution in [0.5, 0.6) is 0 Å². The molecule has 0 aromatic heterocycles. The number of carbonyl (C=O) groups excluding carboxylic acids is 1. The van der Waals surface area contributed by atoms with E-state index in [-0.39, 0.29) is 18.1 Å². The maximum atomic E-state index is 12.2. The summed E-state index contributed by atoms with van der Waals surface area (Å²) >= 11 is 0. The number of nitrogens with zero attached hydrogens (tertiary/aromatic N) is 2. The molecule has 2 amide bonds. The summed E-state index contributed by atoms with van der Waals surface area (Å²) in [7, 11) is 3.38. The van der Waals surface area contributed by atoms with E-state index in [4.69, 9.17) is 0 Å². The Hall–Kier alpha value is -1.78. The molecule has 5 nitrogen and oxygen atoms in total. The normalized spacial score (nSPS) is 21.9. The minimum absolute atomic E-state index is 0.0346. The van der Waals surface area contributed by atoms with Crippen molar-refractivity contribution >= 4 is 12.2 Å². The molecule has 0 radical (unpaired) electrons. The molecule has 0 aliphatic carbocycles. The van der Waals surface area contributed by atoms with Gasteiger partial charge in [-0.1, -0.05) is 20.4 Å². The van der Waals surface area contributed by atoms with Crippen LogP contribution in [0.3, 0.4) is 0 Å². The van der Waals surface area contributed by atoms with E-state index in [1.807, 2.05) is 19.2 Å². The van der Waals surface area contributed by atoms with Gasteiger partial charge in [0.15, 0.2) is 0 Å². The van der Waals surface area contributed by atoms with Crippen LogP contribution in [-0.2, 0) is 0 Å². The first kappa shape index (κ1) is 15.3. The van der Waals surface area contributed by atoms with Crippen LogP contribution < -0.4 is 10.6 Å². The summed E-state index contributed by atoms with van der Waals surface area (Å²) in [6.07, 6.45) is 3.77. The molecule has 0 aromatic rings. The van der Waals surface area contributed by atoms with Gasteiger partial charge in [0.2, 0.25) is 0 Å². The van der Waals surface area contributed by atoms with Gasteiger partial charge in [0.1, 0.15) is 5.82 Å². The predicted octanol–water partition coefficient (Wildman–Crippen LogP) is 1.74. The Labute approximate surface area is 115 Å². The maximum absolute atomic E-state index is 12.2. The van der Waals surface area contributed by atoms with Crippen molar-refractivity contribution in [1.82, 2.24) is 15.5 Å². The average Bonchev–Trinajstić information content (AvgIpc) is 2.39. The van der Waals surface area contributed by atoms with Crippen LogP contribution in [0.1, 0.15) is 20.8 Å². The van der Waals surface area contributed by atoms with Crippen molar-refractivity contribution in [1.29, 1.82) is 0 Å². The molecule has 19 heavy (non-hydrogen) atoms. The summed E-state index contributed by atoms with van der Waals surface area (Å²) in [5.74, 6) is 0.904. The van der Waals surface area contributed by atoms with Crippen LogP contribution in [-0.4, -0.2) is 43.3 Å². The first-order valence-electron chi connectivity index (χ1n) is 6.51. The lowest BCUT2D eigenvalue weighted by atomic mass is 9.89. The summed E-state index contributed by atoms with van der Waals surface area (Å²) in [6, 6.07) is -0.253. The predicted molar refractivity (Wildman–Crippen MR) is 79.2 cm³/mol. The standard InChI is InChI=1S/C14H24N4O/c1-9(2)12-13(10(3)7-8-17-12)18(11(4)15-5)14(19)16-6/h7-9,12-13,15H,4H2,1-3,5-6H3,(H,16,19). The third kappa shape index (κ3) is 3.16. The summed E-state index contributed by atoms with van der Waals surface area (Å²) in [4.78, 5) is 18.3. The van der Waals surface area contributed by atoms with E-state index in [1.165, 1.54) is 0 Å². The van der Waals surface area contributed by atoms with Crippen LogP contribution in [0.2, 0.25) is 0 Å². The highest BCUT2D eigenvalue weighted by molar-refractivity contribution is 5.79. The monoisotopic (exact) mass is 264 g/mol. The quantitative estimate of drug-likeness (QED) is 0.812. The van der Waals surface area contributed by atoms with Crippen LogP contribution in [0, 0.1) is 5.92 Å². The molecule has 0 saturated carbocycles. The van der Waals surface area contributed by atoms with Crippen LogP contribution in [0.4, 0.5) is 4.79 Å². The zero-order chi connectivity index (χ0) is 14.6. The number of aliphatic imine (C=N–C) groups is 1. The van der Waals surface area contributed by atoms with Crippen LogP contribution >= 0.6 is 0 Å². The first-order chi connectivity index (χ1) is 8.93. The Morgan fingerprint density at radius 2 is 2.05 bits per heavy atom. The van der Waals surface area contributed by atoms with Crippen molar-refractivity contribution in [2.45, 2.75) is 32.9 Å². The Balaban J connectivity index is 3.17. The molecule has 1 heterocycles. The highest BCUT2D eigenvalue weighted by Gasteiger charge is 2.35. The summed E-state index contributed by atoms with van der Waals surface area (Å²) in [5.41, 5.74) is 1.11. The second kappa shape index (κ2) is 6.41. The maximum Gasteiger partial charge on any atom is 0.323 e. The summed E-state index contributed by atoms with van der Waals surface area (Å²) in [6.45, 7) is 10.2. The van der Waals surface area contributed by atoms with Gasteiger partial charge >= 0.3 is 6.03 Å². The molecule has 0 aromatic carbocycles. The minimum atomic E-state index is -0.181. The van der Waals surface area contributed by atoms with Crippen LogP contribution in [0.25, 0.3) is 0 Å². The molecule has 0 bridgehead atoms. The molecular weight excluding hydrogens is 240 g/mol. The topological polar surface area (TPSA) is 56.7 Å². The van der Waals surface area contributed by atoms with Gasteiger partial charge in [0.25, 0.3) is 0 Å². The number of amides is 2. The Morgan fingerprint density at radius 1 is 1.42 bits per heavy atom. The van der Waals surface area contributed by atoms with Gasteiger partial charge in [0, 0.05) is 20.3 Å². The molecule has 0 spiro atoms. The third-order valence-electron chi connectivity index (χ3n) is 3.36. The van der Waals surface area contributed by atoms with Gasteiger partial charge in [0.05, 0.1) is 12.1 Å². The SMILES string of the molecule is C=C(NC)N(C(=O)NC)C1C(C)=CC=NC1C(C)C. The Bertz CT molecular complexity index is 396. The van der Waals surface area contributed by atoms with Gasteiger partial charge in [-0.15, -0.1) is 0 Å². The van der Waals surface area contributed by atoms with Crippen molar-refractivity contribution in [3.63, 3.8) is 0 Å². The van der Waals surface area contributed by atoms with Gasteiger partial charge < -0.3 is 10.6 Å². The minimum Gasteiger partial charge on any atom is -0.375 e. The summed E-state index contributed by atoms with van der Waals surface area (Å²) < 4.78 is 0. The second-order valence-corrected chi connectivity index (χ2v) is 5.01. The molecular formula is C14H24N4O. The second-order valence-electron chi connectivity index (χ2n) is 5.01. The van der Waals surface area contributed by atoms with Gasteiger partial charge in [-0.3, -0.25) is 9.89 Å². The Kier molecular flexibility index (Phi) is 5.15. The van der Waals surface area contributed by atoms with Crippen molar-refractivity contribution < 1.29 is 4.79 Å². The van der Waals surface area contributed by atoms with Crippen molar-refractivity contribution in [2.24, 2.45) is 10.9 Å². The molecule has 5 heteroatoms. The Morgan fingerprint density at radius 3 is 2.53 bits per heavy atom. The largest absolute Gasteiger partial charge is 0.375 e.